The molecule has 3 aromatic rings. The van der Waals surface area contributed by atoms with Gasteiger partial charge in [0.15, 0.2) is 5.96 Å². The molecule has 0 radical (unpaired) electrons. The number of imidazole rings is 1. The minimum Gasteiger partial charge on any atom is -0.394 e. The molecule has 22 nitrogen and oxygen atoms in total. The Bertz CT molecular complexity index is 1880. The van der Waals surface area contributed by atoms with E-state index in [9.17, 15) is 43.8 Å². The molecule has 2 aromatic heterocycles. The Labute approximate surface area is 313 Å². The van der Waals surface area contributed by atoms with Crippen LogP contribution in [0.4, 0.5) is 0 Å². The zero-order valence-electron chi connectivity index (χ0n) is 29.5. The highest BCUT2D eigenvalue weighted by Gasteiger charge is 2.35. The fourth-order valence-electron chi connectivity index (χ4n) is 5.76. The Morgan fingerprint density at radius 1 is 0.691 bits per heavy atom. The summed E-state index contributed by atoms with van der Waals surface area (Å²) in [6.45, 7) is -1.87. The molecule has 7 amide bonds. The van der Waals surface area contributed by atoms with Crippen LogP contribution < -0.4 is 49.1 Å². The van der Waals surface area contributed by atoms with Crippen molar-refractivity contribution in [2.75, 3.05) is 19.8 Å². The zero-order valence-corrected chi connectivity index (χ0v) is 29.5. The Balaban J connectivity index is 1.74. The number of guanidine groups is 1. The van der Waals surface area contributed by atoms with Crippen molar-refractivity contribution >= 4 is 58.2 Å². The highest BCUT2D eigenvalue weighted by Crippen LogP contribution is 2.19. The van der Waals surface area contributed by atoms with Crippen LogP contribution in [-0.2, 0) is 46.4 Å². The largest absolute Gasteiger partial charge is 0.394 e. The van der Waals surface area contributed by atoms with E-state index >= 15 is 0 Å². The maximum atomic E-state index is 13.9. The lowest BCUT2D eigenvalue weighted by atomic mass is 10.0. The molecule has 16 N–H and O–H groups in total. The van der Waals surface area contributed by atoms with Crippen LogP contribution in [0.5, 0.6) is 0 Å². The van der Waals surface area contributed by atoms with Gasteiger partial charge in [-0.2, -0.15) is 0 Å². The molecule has 6 atom stereocenters. The molecule has 22 heteroatoms. The predicted octanol–water partition coefficient (Wildman–Crippen LogP) is -5.49. The molecule has 296 valence electrons. The van der Waals surface area contributed by atoms with Crippen molar-refractivity contribution in [2.24, 2.45) is 22.2 Å². The normalized spacial score (nSPS) is 23.2. The number of nitrogens with one attached hydrogen (secondary N) is 8. The minimum atomic E-state index is -1.67. The summed E-state index contributed by atoms with van der Waals surface area (Å²) in [6, 6.07) is -2.25. The number of H-pyrrole nitrogens is 2. The number of amides is 7. The van der Waals surface area contributed by atoms with E-state index in [1.165, 1.54) is 12.5 Å². The monoisotopic (exact) mass is 767 g/mol. The number of aliphatic imine (C=N–C) groups is 1. The molecule has 0 saturated carbocycles. The molecular weight excluding hydrogens is 722 g/mol. The lowest BCUT2D eigenvalue weighted by Gasteiger charge is -2.28. The summed E-state index contributed by atoms with van der Waals surface area (Å²) >= 11 is 0. The second-order valence-electron chi connectivity index (χ2n) is 12.7. The third-order valence-corrected chi connectivity index (χ3v) is 8.59. The molecule has 4 rings (SSSR count). The number of benzene rings is 1. The van der Waals surface area contributed by atoms with E-state index in [4.69, 9.17) is 17.2 Å². The van der Waals surface area contributed by atoms with Crippen molar-refractivity contribution in [1.82, 2.24) is 46.9 Å². The summed E-state index contributed by atoms with van der Waals surface area (Å²) in [7, 11) is 0. The van der Waals surface area contributed by atoms with Gasteiger partial charge < -0.3 is 69.3 Å². The second-order valence-corrected chi connectivity index (χ2v) is 12.7. The molecule has 1 aliphatic heterocycles. The van der Waals surface area contributed by atoms with E-state index in [2.05, 4.69) is 51.8 Å². The quantitative estimate of drug-likeness (QED) is 0.0466. The predicted molar refractivity (Wildman–Crippen MR) is 194 cm³/mol. The Hall–Kier alpha value is -6.55. The van der Waals surface area contributed by atoms with E-state index in [1.54, 1.807) is 30.5 Å². The third-order valence-electron chi connectivity index (χ3n) is 8.59. The molecule has 0 aliphatic carbocycles. The van der Waals surface area contributed by atoms with E-state index in [-0.39, 0.29) is 38.2 Å². The van der Waals surface area contributed by atoms with E-state index in [1.807, 2.05) is 0 Å². The fourth-order valence-corrected chi connectivity index (χ4v) is 5.76. The van der Waals surface area contributed by atoms with Crippen molar-refractivity contribution in [3.63, 3.8) is 0 Å². The average molecular weight is 768 g/mol. The first kappa shape index (κ1) is 41.2. The minimum absolute atomic E-state index is 0.0296. The number of nitrogens with zero attached hydrogens (tertiary/aromatic N) is 2. The van der Waals surface area contributed by atoms with Crippen LogP contribution in [0.3, 0.4) is 0 Å². The number of aromatic amines is 2. The number of rotatable bonds is 12. The summed E-state index contributed by atoms with van der Waals surface area (Å²) in [4.78, 5) is 108. The molecule has 1 aliphatic rings. The van der Waals surface area contributed by atoms with Crippen molar-refractivity contribution in [3.05, 3.63) is 54.2 Å². The first-order valence-corrected chi connectivity index (χ1v) is 17.2. The summed E-state index contributed by atoms with van der Waals surface area (Å²) in [5, 5.41) is 35.5. The molecular formula is C33H45N13O9. The Morgan fingerprint density at radius 3 is 1.80 bits per heavy atom. The van der Waals surface area contributed by atoms with Crippen molar-refractivity contribution in [3.8, 4) is 0 Å². The van der Waals surface area contributed by atoms with Gasteiger partial charge in [0.2, 0.25) is 41.4 Å². The topological polar surface area (TPSA) is 367 Å². The lowest BCUT2D eigenvalue weighted by Crippen LogP contribution is -2.63. The number of aliphatic hydroxyl groups is 2. The first-order valence-electron chi connectivity index (χ1n) is 17.2. The maximum absolute atomic E-state index is 13.9. The van der Waals surface area contributed by atoms with Gasteiger partial charge in [-0.1, -0.05) is 18.2 Å². The number of carbonyl (C=O) groups is 7. The van der Waals surface area contributed by atoms with Gasteiger partial charge >= 0.3 is 0 Å². The summed E-state index contributed by atoms with van der Waals surface area (Å²) < 4.78 is 0. The second kappa shape index (κ2) is 19.5. The number of aromatic nitrogens is 3. The zero-order chi connectivity index (χ0) is 40.1. The van der Waals surface area contributed by atoms with Crippen molar-refractivity contribution in [2.45, 2.75) is 68.4 Å². The Kier molecular flexibility index (Phi) is 14.6. The molecule has 0 spiro atoms. The van der Waals surface area contributed by atoms with Gasteiger partial charge in [0.1, 0.15) is 36.3 Å². The van der Waals surface area contributed by atoms with Crippen molar-refractivity contribution in [1.29, 1.82) is 0 Å². The number of para-hydroxylation sites is 1. The SMILES string of the molecule is NC(=O)C[C@@H]1NC(=O)[C@H](CCCN=C(N)N)NC(=O)[C@H](CO)NC(=O)[C@H](Cc2cnc[nH]2)NC(=O)[C@H](CO)NC(=O)[C@H](Cc2c[nH]c3ccccc23)NC1=O. The molecule has 0 unspecified atom stereocenters. The van der Waals surface area contributed by atoms with Crippen molar-refractivity contribution < 1.29 is 43.8 Å². The van der Waals surface area contributed by atoms with E-state index in [0.29, 0.717) is 22.2 Å². The van der Waals surface area contributed by atoms with E-state index in [0.717, 1.165) is 0 Å². The highest BCUT2D eigenvalue weighted by atomic mass is 16.3. The number of carbonyl (C=O) groups excluding carboxylic acids is 7. The standard InChI is InChI=1S/C33H45N13O9/c34-26(49)10-23-30(53)42-21(8-16-11-39-19-5-2-1-4-18(16)19)28(51)45-25(14-48)32(55)43-22(9-17-12-37-15-40-17)29(52)46-24(13-47)31(54)41-20(27(50)44-23)6-3-7-38-33(35)36/h1-2,4-5,11-12,15,20-25,39,47-48H,3,6-10,13-14H2,(H2,34,49)(H,37,40)(H,41,54)(H,42,53)(H,43,55)(H,44,50)(H,45,51)(H,46,52)(H4,35,36,38)/t20-,21-,22-,23-,24-,25-/m0/s1. The maximum Gasteiger partial charge on any atom is 0.245 e. The summed E-state index contributed by atoms with van der Waals surface area (Å²) in [5.41, 5.74) is 17.9. The van der Waals surface area contributed by atoms with Crippen LogP contribution >= 0.6 is 0 Å². The third kappa shape index (κ3) is 11.7. The number of fused-ring (bicyclic) bond motifs is 1. The number of hydrogen-bond acceptors (Lipinski definition) is 11. The van der Waals surface area contributed by atoms with Crippen LogP contribution in [0.2, 0.25) is 0 Å². The summed E-state index contributed by atoms with van der Waals surface area (Å²) in [5.74, 6) is -7.17. The van der Waals surface area contributed by atoms with Gasteiger partial charge in [-0.15, -0.1) is 0 Å². The number of primary amides is 1. The van der Waals surface area contributed by atoms with Gasteiger partial charge in [-0.3, -0.25) is 38.6 Å². The molecule has 55 heavy (non-hydrogen) atoms. The molecule has 1 aromatic carbocycles. The van der Waals surface area contributed by atoms with Crippen LogP contribution in [0.15, 0.2) is 48.0 Å². The van der Waals surface area contributed by atoms with Gasteiger partial charge in [-0.25, -0.2) is 4.98 Å². The average Bonchev–Trinajstić information content (AvgIpc) is 3.82. The molecule has 3 heterocycles. The highest BCUT2D eigenvalue weighted by molar-refractivity contribution is 5.99. The lowest BCUT2D eigenvalue weighted by molar-refractivity contribution is -0.137. The number of nitrogens with two attached hydrogens (primary N) is 3. The van der Waals surface area contributed by atoms with Crippen LogP contribution in [0, 0.1) is 0 Å². The van der Waals surface area contributed by atoms with Crippen LogP contribution in [0.1, 0.15) is 30.5 Å². The smallest absolute Gasteiger partial charge is 0.245 e. The van der Waals surface area contributed by atoms with Gasteiger partial charge in [-0.05, 0) is 24.5 Å². The van der Waals surface area contributed by atoms with E-state index < -0.39 is 97.2 Å². The molecule has 1 fully saturated rings. The van der Waals surface area contributed by atoms with Crippen LogP contribution in [0.25, 0.3) is 10.9 Å². The molecule has 1 saturated heterocycles. The number of hydrogen-bond donors (Lipinski definition) is 13. The van der Waals surface area contributed by atoms with Crippen LogP contribution in [-0.4, -0.2) is 128 Å². The Morgan fingerprint density at radius 2 is 1.22 bits per heavy atom. The first-order chi connectivity index (χ1) is 26.3. The summed E-state index contributed by atoms with van der Waals surface area (Å²) in [6.07, 6.45) is 3.20. The molecule has 0 bridgehead atoms. The van der Waals surface area contributed by atoms with Gasteiger partial charge in [0.05, 0.1) is 26.0 Å². The van der Waals surface area contributed by atoms with Gasteiger partial charge in [0.25, 0.3) is 0 Å². The fraction of sp³-hybridized carbons (Fsp3) is 0.424. The number of aliphatic hydroxyl groups excluding tert-OH is 2. The van der Waals surface area contributed by atoms with Gasteiger partial charge in [0, 0.05) is 48.4 Å².